The Hall–Kier alpha value is -2.24. The van der Waals surface area contributed by atoms with Gasteiger partial charge in [0.1, 0.15) is 11.4 Å². The third-order valence-electron chi connectivity index (χ3n) is 3.99. The number of aliphatic carboxylic acids is 1. The van der Waals surface area contributed by atoms with Crippen LogP contribution in [0.3, 0.4) is 0 Å². The van der Waals surface area contributed by atoms with Crippen molar-refractivity contribution < 1.29 is 24.2 Å². The molecule has 6 nitrogen and oxygen atoms in total. The molecule has 0 aliphatic heterocycles. The van der Waals surface area contributed by atoms with Gasteiger partial charge in [0.25, 0.3) is 0 Å². The van der Waals surface area contributed by atoms with Crippen LogP contribution in [-0.2, 0) is 14.9 Å². The smallest absolute Gasteiger partial charge is 0.412 e. The van der Waals surface area contributed by atoms with Crippen LogP contribution in [-0.4, -0.2) is 29.9 Å². The number of hydrogen-bond acceptors (Lipinski definition) is 4. The minimum atomic E-state index is -0.948. The molecular formula is C17H23NO5. The number of rotatable bonds is 4. The molecule has 0 heterocycles. The van der Waals surface area contributed by atoms with Gasteiger partial charge in [-0.2, -0.15) is 0 Å². The molecule has 1 aromatic carbocycles. The van der Waals surface area contributed by atoms with E-state index < -0.39 is 23.1 Å². The topological polar surface area (TPSA) is 84.9 Å². The largest absolute Gasteiger partial charge is 0.497 e. The molecule has 0 spiro atoms. The summed E-state index contributed by atoms with van der Waals surface area (Å²) >= 11 is 0. The number of carbonyl (C=O) groups excluding carboxylic acids is 1. The molecule has 1 aliphatic carbocycles. The Bertz CT molecular complexity index is 614. The van der Waals surface area contributed by atoms with Crippen molar-refractivity contribution in [3.05, 3.63) is 23.8 Å². The summed E-state index contributed by atoms with van der Waals surface area (Å²) in [5.74, 6) is -0.333. The van der Waals surface area contributed by atoms with Crippen LogP contribution in [0.5, 0.6) is 5.75 Å². The minimum absolute atomic E-state index is 0.417. The molecule has 0 bridgehead atoms. The van der Waals surface area contributed by atoms with Crippen molar-refractivity contribution >= 4 is 17.7 Å². The van der Waals surface area contributed by atoms with Crippen molar-refractivity contribution in [2.45, 2.75) is 51.0 Å². The van der Waals surface area contributed by atoms with Gasteiger partial charge in [0, 0.05) is 6.07 Å². The van der Waals surface area contributed by atoms with Crippen LogP contribution < -0.4 is 10.1 Å². The molecule has 1 amide bonds. The van der Waals surface area contributed by atoms with Crippen molar-refractivity contribution in [3.63, 3.8) is 0 Å². The number of carboxylic acids is 1. The van der Waals surface area contributed by atoms with Crippen molar-refractivity contribution in [2.75, 3.05) is 12.4 Å². The van der Waals surface area contributed by atoms with Crippen LogP contribution in [0.25, 0.3) is 0 Å². The molecule has 1 saturated carbocycles. The fraction of sp³-hybridized carbons (Fsp3) is 0.529. The first-order valence-electron chi connectivity index (χ1n) is 7.60. The Morgan fingerprint density at radius 1 is 1.26 bits per heavy atom. The SMILES string of the molecule is COc1ccc(C2(C(=O)O)CCC2)c(NC(=O)OC(C)(C)C)c1. The molecule has 0 aromatic heterocycles. The van der Waals surface area contributed by atoms with Gasteiger partial charge in [-0.25, -0.2) is 4.79 Å². The lowest BCUT2D eigenvalue weighted by Crippen LogP contribution is -2.43. The molecule has 1 aliphatic rings. The third-order valence-corrected chi connectivity index (χ3v) is 3.99. The average Bonchev–Trinajstić information content (AvgIpc) is 2.36. The lowest BCUT2D eigenvalue weighted by atomic mass is 9.64. The zero-order valence-corrected chi connectivity index (χ0v) is 13.9. The molecule has 23 heavy (non-hydrogen) atoms. The molecule has 2 N–H and O–H groups in total. The average molecular weight is 321 g/mol. The molecule has 2 rings (SSSR count). The molecule has 0 atom stereocenters. The molecule has 1 fully saturated rings. The van der Waals surface area contributed by atoms with Gasteiger partial charge in [-0.05, 0) is 45.2 Å². The fourth-order valence-electron chi connectivity index (χ4n) is 2.71. The van der Waals surface area contributed by atoms with Crippen molar-refractivity contribution in [1.29, 1.82) is 0 Å². The van der Waals surface area contributed by atoms with Crippen LogP contribution in [0.1, 0.15) is 45.6 Å². The first-order valence-corrected chi connectivity index (χ1v) is 7.60. The van der Waals surface area contributed by atoms with Gasteiger partial charge in [-0.1, -0.05) is 12.5 Å². The lowest BCUT2D eigenvalue weighted by Gasteiger charge is -2.39. The predicted octanol–water partition coefficient (Wildman–Crippen LogP) is 3.55. The zero-order chi connectivity index (χ0) is 17.3. The molecule has 126 valence electrons. The first kappa shape index (κ1) is 17.1. The number of nitrogens with one attached hydrogen (secondary N) is 1. The summed E-state index contributed by atoms with van der Waals surface area (Å²) in [4.78, 5) is 23.8. The second-order valence-corrected chi connectivity index (χ2v) is 6.78. The quantitative estimate of drug-likeness (QED) is 0.886. The molecule has 0 saturated heterocycles. The maximum absolute atomic E-state index is 12.1. The van der Waals surface area contributed by atoms with Crippen LogP contribution in [0, 0.1) is 0 Å². The first-order chi connectivity index (χ1) is 10.7. The molecule has 0 radical (unpaired) electrons. The van der Waals surface area contributed by atoms with E-state index in [4.69, 9.17) is 9.47 Å². The highest BCUT2D eigenvalue weighted by Crippen LogP contribution is 2.47. The van der Waals surface area contributed by atoms with Gasteiger partial charge >= 0.3 is 12.1 Å². The maximum Gasteiger partial charge on any atom is 0.412 e. The van der Waals surface area contributed by atoms with E-state index in [-0.39, 0.29) is 0 Å². The van der Waals surface area contributed by atoms with Gasteiger partial charge in [0.15, 0.2) is 0 Å². The number of ether oxygens (including phenoxy) is 2. The summed E-state index contributed by atoms with van der Waals surface area (Å²) in [5.41, 5.74) is -0.579. The summed E-state index contributed by atoms with van der Waals surface area (Å²) in [5, 5.41) is 12.3. The van der Waals surface area contributed by atoms with E-state index in [2.05, 4.69) is 5.32 Å². The fourth-order valence-corrected chi connectivity index (χ4v) is 2.71. The van der Waals surface area contributed by atoms with Gasteiger partial charge in [0.2, 0.25) is 0 Å². The summed E-state index contributed by atoms with van der Waals surface area (Å²) in [7, 11) is 1.52. The second kappa shape index (κ2) is 6.10. The number of carbonyl (C=O) groups is 2. The number of amides is 1. The lowest BCUT2D eigenvalue weighted by molar-refractivity contribution is -0.147. The third kappa shape index (κ3) is 3.57. The summed E-state index contributed by atoms with van der Waals surface area (Å²) in [6, 6.07) is 5.04. The molecular weight excluding hydrogens is 298 g/mol. The Morgan fingerprint density at radius 3 is 2.35 bits per heavy atom. The van der Waals surface area contributed by atoms with Gasteiger partial charge in [-0.3, -0.25) is 10.1 Å². The van der Waals surface area contributed by atoms with E-state index in [1.54, 1.807) is 39.0 Å². The van der Waals surface area contributed by atoms with Crippen LogP contribution >= 0.6 is 0 Å². The number of benzene rings is 1. The van der Waals surface area contributed by atoms with Crippen molar-refractivity contribution in [2.24, 2.45) is 0 Å². The number of anilines is 1. The number of hydrogen-bond donors (Lipinski definition) is 2. The van der Waals surface area contributed by atoms with E-state index in [1.165, 1.54) is 7.11 Å². The Morgan fingerprint density at radius 2 is 1.91 bits per heavy atom. The Balaban J connectivity index is 2.36. The second-order valence-electron chi connectivity index (χ2n) is 6.78. The van der Waals surface area contributed by atoms with Crippen molar-refractivity contribution in [3.8, 4) is 5.75 Å². The van der Waals surface area contributed by atoms with E-state index in [1.807, 2.05) is 0 Å². The molecule has 6 heteroatoms. The van der Waals surface area contributed by atoms with Crippen LogP contribution in [0.15, 0.2) is 18.2 Å². The van der Waals surface area contributed by atoms with E-state index in [0.29, 0.717) is 29.8 Å². The minimum Gasteiger partial charge on any atom is -0.497 e. The molecule has 1 aromatic rings. The molecule has 0 unspecified atom stereocenters. The van der Waals surface area contributed by atoms with E-state index in [0.717, 1.165) is 6.42 Å². The normalized spacial score (nSPS) is 16.2. The predicted molar refractivity (Wildman–Crippen MR) is 86.0 cm³/mol. The van der Waals surface area contributed by atoms with Gasteiger partial charge < -0.3 is 14.6 Å². The number of carboxylic acid groups (broad SMARTS) is 1. The van der Waals surface area contributed by atoms with E-state index >= 15 is 0 Å². The van der Waals surface area contributed by atoms with Gasteiger partial charge in [-0.15, -0.1) is 0 Å². The number of methoxy groups -OCH3 is 1. The highest BCUT2D eigenvalue weighted by atomic mass is 16.6. The Labute approximate surface area is 135 Å². The highest BCUT2D eigenvalue weighted by Gasteiger charge is 2.47. The monoisotopic (exact) mass is 321 g/mol. The van der Waals surface area contributed by atoms with Crippen LogP contribution in [0.2, 0.25) is 0 Å². The standard InChI is InChI=1S/C17H23NO5/c1-16(2,3)23-15(21)18-13-10-11(22-4)6-7-12(13)17(14(19)20)8-5-9-17/h6-7,10H,5,8-9H2,1-4H3,(H,18,21)(H,19,20). The Kier molecular flexibility index (Phi) is 4.54. The summed E-state index contributed by atoms with van der Waals surface area (Å²) in [6.45, 7) is 5.30. The zero-order valence-electron chi connectivity index (χ0n) is 13.9. The van der Waals surface area contributed by atoms with Crippen LogP contribution in [0.4, 0.5) is 10.5 Å². The van der Waals surface area contributed by atoms with E-state index in [9.17, 15) is 14.7 Å². The van der Waals surface area contributed by atoms with Crippen molar-refractivity contribution in [1.82, 2.24) is 0 Å². The summed E-state index contributed by atoms with van der Waals surface area (Å²) in [6.07, 6.45) is 1.34. The van der Waals surface area contributed by atoms with Gasteiger partial charge in [0.05, 0.1) is 18.2 Å². The maximum atomic E-state index is 12.1. The summed E-state index contributed by atoms with van der Waals surface area (Å²) < 4.78 is 10.4. The highest BCUT2D eigenvalue weighted by molar-refractivity contribution is 5.91.